The van der Waals surface area contributed by atoms with Crippen molar-refractivity contribution in [2.45, 2.75) is 128 Å². The molecule has 1 aliphatic heterocycles. The van der Waals surface area contributed by atoms with Gasteiger partial charge >= 0.3 is 0 Å². The highest BCUT2D eigenvalue weighted by Crippen LogP contribution is 2.18. The molecule has 178 valence electrons. The molecule has 0 amide bonds. The second-order valence-electron chi connectivity index (χ2n) is 8.79. The van der Waals surface area contributed by atoms with Gasteiger partial charge in [-0.1, -0.05) is 83.3 Å². The minimum absolute atomic E-state index is 0.0682. The number of unbranched alkanes of at least 4 members (excludes halogenated alkanes) is 13. The van der Waals surface area contributed by atoms with E-state index in [0.29, 0.717) is 6.61 Å². The molecule has 0 unspecified atom stereocenters. The Hall–Kier alpha value is -0.460. The predicted octanol–water partition coefficient (Wildman–Crippen LogP) is 4.91. The fourth-order valence-electron chi connectivity index (χ4n) is 3.89. The molecule has 0 aromatic carbocycles. The maximum absolute atomic E-state index is 9.96. The predicted molar refractivity (Wildman–Crippen MR) is 123 cm³/mol. The van der Waals surface area contributed by atoms with Gasteiger partial charge in [0, 0.05) is 6.61 Å². The summed E-state index contributed by atoms with van der Waals surface area (Å²) in [6.45, 7) is 3.09. The van der Waals surface area contributed by atoms with Crippen LogP contribution in [0.15, 0.2) is 12.2 Å². The van der Waals surface area contributed by atoms with Crippen molar-refractivity contribution < 1.29 is 24.8 Å². The Morgan fingerprint density at radius 3 is 1.90 bits per heavy atom. The van der Waals surface area contributed by atoms with E-state index >= 15 is 0 Å². The van der Waals surface area contributed by atoms with Crippen LogP contribution in [-0.2, 0) is 9.47 Å². The van der Waals surface area contributed by atoms with Gasteiger partial charge in [-0.05, 0) is 32.1 Å². The smallest absolute Gasteiger partial charge is 0.114 e. The Bertz CT molecular complexity index is 401. The van der Waals surface area contributed by atoms with Gasteiger partial charge in [-0.3, -0.25) is 0 Å². The Morgan fingerprint density at radius 1 is 0.833 bits per heavy atom. The SMILES string of the molecule is CCCCCCC/C=C/CCCCCCCCCCOC[C@H](O)[C@@H]1OC[C@@H](O)[C@@H]1O. The van der Waals surface area contributed by atoms with Crippen molar-refractivity contribution >= 4 is 0 Å². The number of rotatable bonds is 20. The normalized spacial score (nSPS) is 22.9. The third kappa shape index (κ3) is 13.8. The summed E-state index contributed by atoms with van der Waals surface area (Å²) in [5.74, 6) is 0. The van der Waals surface area contributed by atoms with Crippen molar-refractivity contribution in [2.75, 3.05) is 19.8 Å². The Labute approximate surface area is 184 Å². The van der Waals surface area contributed by atoms with E-state index in [1.54, 1.807) is 0 Å². The summed E-state index contributed by atoms with van der Waals surface area (Å²) < 4.78 is 10.7. The highest BCUT2D eigenvalue weighted by molar-refractivity contribution is 4.87. The first-order chi connectivity index (χ1) is 14.7. The minimum Gasteiger partial charge on any atom is -0.388 e. The van der Waals surface area contributed by atoms with Crippen molar-refractivity contribution in [3.05, 3.63) is 12.2 Å². The summed E-state index contributed by atoms with van der Waals surface area (Å²) in [7, 11) is 0. The quantitative estimate of drug-likeness (QED) is 0.190. The van der Waals surface area contributed by atoms with E-state index < -0.39 is 24.4 Å². The van der Waals surface area contributed by atoms with Gasteiger partial charge in [0.1, 0.15) is 24.4 Å². The molecule has 0 aromatic rings. The van der Waals surface area contributed by atoms with Gasteiger partial charge in [0.05, 0.1) is 13.2 Å². The van der Waals surface area contributed by atoms with E-state index in [-0.39, 0.29) is 13.2 Å². The average molecular weight is 429 g/mol. The largest absolute Gasteiger partial charge is 0.388 e. The molecule has 1 heterocycles. The fraction of sp³-hybridized carbons (Fsp3) is 0.920. The van der Waals surface area contributed by atoms with E-state index in [1.807, 2.05) is 0 Å². The molecule has 3 N–H and O–H groups in total. The number of ether oxygens (including phenoxy) is 2. The molecule has 0 bridgehead atoms. The molecular weight excluding hydrogens is 380 g/mol. The molecule has 5 heteroatoms. The van der Waals surface area contributed by atoms with E-state index in [0.717, 1.165) is 12.8 Å². The molecule has 5 nitrogen and oxygen atoms in total. The van der Waals surface area contributed by atoms with Crippen molar-refractivity contribution in [1.82, 2.24) is 0 Å². The van der Waals surface area contributed by atoms with Crippen LogP contribution in [0, 0.1) is 0 Å². The first-order valence-corrected chi connectivity index (χ1v) is 12.5. The van der Waals surface area contributed by atoms with Crippen LogP contribution in [-0.4, -0.2) is 59.6 Å². The summed E-state index contributed by atoms with van der Waals surface area (Å²) in [4.78, 5) is 0. The minimum atomic E-state index is -1.03. The first kappa shape index (κ1) is 27.6. The van der Waals surface area contributed by atoms with Crippen LogP contribution >= 0.6 is 0 Å². The van der Waals surface area contributed by atoms with Crippen molar-refractivity contribution in [1.29, 1.82) is 0 Å². The van der Waals surface area contributed by atoms with Gasteiger partial charge in [0.2, 0.25) is 0 Å². The molecule has 1 fully saturated rings. The number of aliphatic hydroxyl groups excluding tert-OH is 3. The molecule has 0 spiro atoms. The van der Waals surface area contributed by atoms with Crippen LogP contribution in [0.2, 0.25) is 0 Å². The fourth-order valence-corrected chi connectivity index (χ4v) is 3.89. The van der Waals surface area contributed by atoms with Crippen molar-refractivity contribution in [2.24, 2.45) is 0 Å². The van der Waals surface area contributed by atoms with Crippen LogP contribution in [0.25, 0.3) is 0 Å². The van der Waals surface area contributed by atoms with E-state index in [9.17, 15) is 15.3 Å². The zero-order valence-corrected chi connectivity index (χ0v) is 19.4. The van der Waals surface area contributed by atoms with Crippen LogP contribution in [0.5, 0.6) is 0 Å². The molecular formula is C25H48O5. The molecule has 4 atom stereocenters. The molecule has 0 aliphatic carbocycles. The second-order valence-corrected chi connectivity index (χ2v) is 8.79. The summed E-state index contributed by atoms with van der Waals surface area (Å²) in [6.07, 6.45) is 20.5. The van der Waals surface area contributed by atoms with Gasteiger partial charge in [-0.15, -0.1) is 0 Å². The summed E-state index contributed by atoms with van der Waals surface area (Å²) in [5.41, 5.74) is 0. The highest BCUT2D eigenvalue weighted by atomic mass is 16.5. The summed E-state index contributed by atoms with van der Waals surface area (Å²) in [6, 6.07) is 0. The van der Waals surface area contributed by atoms with Gasteiger partial charge in [-0.25, -0.2) is 0 Å². The molecule has 30 heavy (non-hydrogen) atoms. The molecule has 1 aliphatic rings. The maximum atomic E-state index is 9.96. The standard InChI is InChI=1S/C25H48O5/c1-2-3-4-5-6-7-8-9-10-11-12-13-14-15-16-17-18-19-29-20-23(27)25-24(28)22(26)21-30-25/h8-9,22-28H,2-7,10-21H2,1H3/b9-8+/t22-,23+,24+,25+/m1/s1. The molecule has 1 saturated heterocycles. The zero-order chi connectivity index (χ0) is 21.9. The maximum Gasteiger partial charge on any atom is 0.114 e. The topological polar surface area (TPSA) is 79.2 Å². The number of hydrogen-bond acceptors (Lipinski definition) is 5. The van der Waals surface area contributed by atoms with Gasteiger partial charge in [0.15, 0.2) is 0 Å². The van der Waals surface area contributed by atoms with Crippen molar-refractivity contribution in [3.8, 4) is 0 Å². The summed E-state index contributed by atoms with van der Waals surface area (Å²) >= 11 is 0. The molecule has 1 rings (SSSR count). The van der Waals surface area contributed by atoms with Gasteiger partial charge in [0.25, 0.3) is 0 Å². The Balaban J connectivity index is 1.76. The van der Waals surface area contributed by atoms with Crippen LogP contribution < -0.4 is 0 Å². The lowest BCUT2D eigenvalue weighted by molar-refractivity contribution is -0.0813. The van der Waals surface area contributed by atoms with Gasteiger partial charge < -0.3 is 24.8 Å². The first-order valence-electron chi connectivity index (χ1n) is 12.5. The van der Waals surface area contributed by atoms with Gasteiger partial charge in [-0.2, -0.15) is 0 Å². The Morgan fingerprint density at radius 2 is 1.37 bits per heavy atom. The third-order valence-corrected chi connectivity index (χ3v) is 5.91. The monoisotopic (exact) mass is 428 g/mol. The molecule has 0 aromatic heterocycles. The number of aliphatic hydroxyl groups is 3. The van der Waals surface area contributed by atoms with Crippen molar-refractivity contribution in [3.63, 3.8) is 0 Å². The lowest BCUT2D eigenvalue weighted by atomic mass is 10.1. The van der Waals surface area contributed by atoms with E-state index in [1.165, 1.54) is 83.5 Å². The number of hydrogen-bond donors (Lipinski definition) is 3. The van der Waals surface area contributed by atoms with Crippen LogP contribution in [0.4, 0.5) is 0 Å². The molecule has 0 radical (unpaired) electrons. The second kappa shape index (κ2) is 19.2. The van der Waals surface area contributed by atoms with Crippen LogP contribution in [0.1, 0.15) is 103 Å². The average Bonchev–Trinajstić information content (AvgIpc) is 3.08. The molecule has 0 saturated carbocycles. The summed E-state index contributed by atoms with van der Waals surface area (Å²) in [5, 5.41) is 29.1. The lowest BCUT2D eigenvalue weighted by Crippen LogP contribution is -2.40. The van der Waals surface area contributed by atoms with E-state index in [4.69, 9.17) is 9.47 Å². The Kier molecular flexibility index (Phi) is 17.7. The number of allylic oxidation sites excluding steroid dienone is 2. The third-order valence-electron chi connectivity index (χ3n) is 5.91. The van der Waals surface area contributed by atoms with Crippen LogP contribution in [0.3, 0.4) is 0 Å². The zero-order valence-electron chi connectivity index (χ0n) is 19.4. The lowest BCUT2D eigenvalue weighted by Gasteiger charge is -2.20. The highest BCUT2D eigenvalue weighted by Gasteiger charge is 2.39. The van der Waals surface area contributed by atoms with E-state index in [2.05, 4.69) is 19.1 Å².